The molecule has 0 aromatic heterocycles. The van der Waals surface area contributed by atoms with Crippen molar-refractivity contribution in [2.45, 2.75) is 66.7 Å². The summed E-state index contributed by atoms with van der Waals surface area (Å²) in [6, 6.07) is 6.43. The van der Waals surface area contributed by atoms with Gasteiger partial charge in [0.2, 0.25) is 5.91 Å². The summed E-state index contributed by atoms with van der Waals surface area (Å²) in [5.41, 5.74) is 6.15. The highest BCUT2D eigenvalue weighted by Gasteiger charge is 2.29. The van der Waals surface area contributed by atoms with Crippen molar-refractivity contribution in [2.75, 3.05) is 5.32 Å². The molecule has 2 rings (SSSR count). The predicted molar refractivity (Wildman–Crippen MR) is 132 cm³/mol. The Morgan fingerprint density at radius 2 is 1.87 bits per heavy atom. The van der Waals surface area contributed by atoms with E-state index in [0.717, 1.165) is 12.0 Å². The number of amides is 1. The molecule has 1 aliphatic carbocycles. The van der Waals surface area contributed by atoms with Gasteiger partial charge in [0.05, 0.1) is 0 Å². The fourth-order valence-corrected chi connectivity index (χ4v) is 4.01. The van der Waals surface area contributed by atoms with E-state index in [1.165, 1.54) is 42.4 Å². The zero-order chi connectivity index (χ0) is 22.9. The maximum absolute atomic E-state index is 12.1. The molecule has 0 radical (unpaired) electrons. The van der Waals surface area contributed by atoms with Crippen molar-refractivity contribution in [1.29, 1.82) is 0 Å². The Balaban J connectivity index is 1.90. The van der Waals surface area contributed by atoms with Gasteiger partial charge in [0, 0.05) is 11.8 Å². The summed E-state index contributed by atoms with van der Waals surface area (Å²) < 4.78 is 0. The molecular weight excluding hydrogens is 382 g/mol. The van der Waals surface area contributed by atoms with Gasteiger partial charge in [-0.15, -0.1) is 0 Å². The Hall–Kier alpha value is -2.81. The van der Waals surface area contributed by atoms with Crippen LogP contribution in [0.1, 0.15) is 66.7 Å². The molecule has 1 amide bonds. The number of nitrogens with one attached hydrogen (secondary N) is 1. The standard InChI is InChI=1S/C28H37NO2/c1-6-28(5)19-9-12-23(4)26(28)18-13-21(2)10-7-8-11-22(3)20-27(31)29-24-14-16-25(30)17-15-24/h8,10-11,13-18,20,30H,6-7,9,12,19H2,1-5H3,(H,29,31)/b11-8+,18-13+,21-10+,22-20+. The molecule has 0 saturated heterocycles. The molecule has 0 bridgehead atoms. The van der Waals surface area contributed by atoms with E-state index in [-0.39, 0.29) is 11.7 Å². The van der Waals surface area contributed by atoms with E-state index in [1.807, 2.05) is 13.0 Å². The monoisotopic (exact) mass is 419 g/mol. The van der Waals surface area contributed by atoms with Gasteiger partial charge in [-0.2, -0.15) is 0 Å². The van der Waals surface area contributed by atoms with Gasteiger partial charge in [-0.1, -0.05) is 55.4 Å². The quantitative estimate of drug-likeness (QED) is 0.258. The van der Waals surface area contributed by atoms with Gasteiger partial charge < -0.3 is 10.4 Å². The number of hydrogen-bond acceptors (Lipinski definition) is 2. The highest BCUT2D eigenvalue weighted by atomic mass is 16.3. The van der Waals surface area contributed by atoms with E-state index in [1.54, 1.807) is 30.3 Å². The topological polar surface area (TPSA) is 49.3 Å². The number of benzene rings is 1. The average molecular weight is 420 g/mol. The van der Waals surface area contributed by atoms with E-state index < -0.39 is 0 Å². The van der Waals surface area contributed by atoms with Crippen molar-refractivity contribution >= 4 is 11.6 Å². The first-order valence-electron chi connectivity index (χ1n) is 11.2. The van der Waals surface area contributed by atoms with Crippen LogP contribution in [0.25, 0.3) is 0 Å². The summed E-state index contributed by atoms with van der Waals surface area (Å²) in [6.45, 7) is 11.0. The van der Waals surface area contributed by atoms with Gasteiger partial charge in [0.25, 0.3) is 0 Å². The van der Waals surface area contributed by atoms with Crippen LogP contribution in [0, 0.1) is 5.41 Å². The summed E-state index contributed by atoms with van der Waals surface area (Å²) in [4.78, 5) is 12.1. The highest BCUT2D eigenvalue weighted by molar-refractivity contribution is 5.99. The highest BCUT2D eigenvalue weighted by Crippen LogP contribution is 2.43. The largest absolute Gasteiger partial charge is 0.508 e. The maximum Gasteiger partial charge on any atom is 0.248 e. The fourth-order valence-electron chi connectivity index (χ4n) is 4.01. The normalized spacial score (nSPS) is 20.7. The number of anilines is 1. The molecule has 1 atom stereocenters. The third-order valence-electron chi connectivity index (χ3n) is 6.13. The molecule has 3 heteroatoms. The van der Waals surface area contributed by atoms with Crippen LogP contribution in [0.15, 0.2) is 83.0 Å². The summed E-state index contributed by atoms with van der Waals surface area (Å²) in [5, 5.41) is 12.1. The first-order valence-corrected chi connectivity index (χ1v) is 11.2. The average Bonchev–Trinajstić information content (AvgIpc) is 2.72. The van der Waals surface area contributed by atoms with Gasteiger partial charge >= 0.3 is 0 Å². The van der Waals surface area contributed by atoms with E-state index in [9.17, 15) is 9.90 Å². The van der Waals surface area contributed by atoms with E-state index in [4.69, 9.17) is 0 Å². The van der Waals surface area contributed by atoms with Crippen molar-refractivity contribution in [2.24, 2.45) is 5.41 Å². The molecule has 0 heterocycles. The molecule has 0 aliphatic heterocycles. The Kier molecular flexibility index (Phi) is 9.11. The lowest BCUT2D eigenvalue weighted by Crippen LogP contribution is -2.22. The lowest BCUT2D eigenvalue weighted by Gasteiger charge is -2.35. The predicted octanol–water partition coefficient (Wildman–Crippen LogP) is 7.64. The van der Waals surface area contributed by atoms with E-state index in [2.05, 4.69) is 57.3 Å². The van der Waals surface area contributed by atoms with Crippen molar-refractivity contribution in [3.05, 3.63) is 83.0 Å². The minimum atomic E-state index is -0.183. The van der Waals surface area contributed by atoms with E-state index >= 15 is 0 Å². The van der Waals surface area contributed by atoms with Gasteiger partial charge in [0.1, 0.15) is 5.75 Å². The molecule has 1 aromatic carbocycles. The number of phenolic OH excluding ortho intramolecular Hbond substituents is 1. The molecule has 1 unspecified atom stereocenters. The summed E-state index contributed by atoms with van der Waals surface area (Å²) in [5.74, 6) is -0.00609. The molecule has 3 nitrogen and oxygen atoms in total. The first-order chi connectivity index (χ1) is 14.7. The third kappa shape index (κ3) is 7.75. The Labute approximate surface area is 188 Å². The number of rotatable bonds is 8. The molecule has 0 spiro atoms. The summed E-state index contributed by atoms with van der Waals surface area (Å²) in [6.07, 6.45) is 18.2. The zero-order valence-electron chi connectivity index (χ0n) is 19.7. The lowest BCUT2D eigenvalue weighted by molar-refractivity contribution is -0.111. The lowest BCUT2D eigenvalue weighted by atomic mass is 9.69. The summed E-state index contributed by atoms with van der Waals surface area (Å²) in [7, 11) is 0. The van der Waals surface area contributed by atoms with Crippen molar-refractivity contribution in [3.63, 3.8) is 0 Å². The van der Waals surface area contributed by atoms with Gasteiger partial charge in [-0.25, -0.2) is 0 Å². The molecular formula is C28H37NO2. The van der Waals surface area contributed by atoms with Crippen LogP contribution < -0.4 is 5.32 Å². The van der Waals surface area contributed by atoms with Crippen LogP contribution in [0.2, 0.25) is 0 Å². The van der Waals surface area contributed by atoms with Gasteiger partial charge in [-0.3, -0.25) is 4.79 Å². The van der Waals surface area contributed by atoms with Crippen LogP contribution in [0.3, 0.4) is 0 Å². The van der Waals surface area contributed by atoms with Gasteiger partial charge in [0.15, 0.2) is 0 Å². The SMILES string of the molecule is CCC1(C)CCCC(C)=C1/C=C/C(C)=C/C/C=C/C(C)=C/C(=O)Nc1ccc(O)cc1. The molecule has 1 aliphatic rings. The number of allylic oxidation sites excluding steroid dienone is 9. The van der Waals surface area contributed by atoms with Crippen molar-refractivity contribution < 1.29 is 9.90 Å². The van der Waals surface area contributed by atoms with Crippen molar-refractivity contribution in [3.8, 4) is 5.75 Å². The van der Waals surface area contributed by atoms with E-state index in [0.29, 0.717) is 11.1 Å². The Morgan fingerprint density at radius 3 is 2.55 bits per heavy atom. The third-order valence-corrected chi connectivity index (χ3v) is 6.13. The second kappa shape index (κ2) is 11.5. The van der Waals surface area contributed by atoms with Crippen LogP contribution in [-0.4, -0.2) is 11.0 Å². The number of carbonyl (C=O) groups is 1. The number of carbonyl (C=O) groups excluding carboxylic acids is 1. The van der Waals surface area contributed by atoms with Crippen molar-refractivity contribution in [1.82, 2.24) is 0 Å². The molecule has 0 saturated carbocycles. The molecule has 0 fully saturated rings. The summed E-state index contributed by atoms with van der Waals surface area (Å²) >= 11 is 0. The van der Waals surface area contributed by atoms with Crippen LogP contribution in [0.5, 0.6) is 5.75 Å². The minimum Gasteiger partial charge on any atom is -0.508 e. The fraction of sp³-hybridized carbons (Fsp3) is 0.393. The number of aromatic hydroxyl groups is 1. The number of hydrogen-bond donors (Lipinski definition) is 2. The first kappa shape index (κ1) is 24.5. The second-order valence-electron chi connectivity index (χ2n) is 8.81. The molecule has 166 valence electrons. The molecule has 31 heavy (non-hydrogen) atoms. The Morgan fingerprint density at radius 1 is 1.16 bits per heavy atom. The zero-order valence-corrected chi connectivity index (χ0v) is 19.7. The number of phenols is 1. The molecule has 2 N–H and O–H groups in total. The smallest absolute Gasteiger partial charge is 0.248 e. The van der Waals surface area contributed by atoms with Crippen LogP contribution in [-0.2, 0) is 4.79 Å². The van der Waals surface area contributed by atoms with Crippen LogP contribution in [0.4, 0.5) is 5.69 Å². The minimum absolute atomic E-state index is 0.177. The molecule has 1 aromatic rings. The second-order valence-corrected chi connectivity index (χ2v) is 8.81. The van der Waals surface area contributed by atoms with Crippen LogP contribution >= 0.6 is 0 Å². The maximum atomic E-state index is 12.1. The Bertz CT molecular complexity index is 913. The van der Waals surface area contributed by atoms with Gasteiger partial charge in [-0.05, 0) is 93.7 Å².